The first-order valence-electron chi connectivity index (χ1n) is 33.8. The van der Waals surface area contributed by atoms with E-state index in [1.165, 1.54) is 133 Å². The van der Waals surface area contributed by atoms with Gasteiger partial charge in [0.1, 0.15) is 23.0 Å². The molecule has 450 valence electrons. The lowest BCUT2D eigenvalue weighted by Crippen LogP contribution is -2.62. The summed E-state index contributed by atoms with van der Waals surface area (Å²) in [7, 11) is 0. The molecule has 5 heteroatoms. The number of hydrogen-bond acceptors (Lipinski definition) is 4. The second-order valence-electron chi connectivity index (χ2n) is 29.7. The van der Waals surface area contributed by atoms with Gasteiger partial charge < -0.3 is 19.3 Å². The molecule has 0 radical (unpaired) electrons. The Bertz CT molecular complexity index is 5230. The molecule has 21 rings (SSSR count). The summed E-state index contributed by atoms with van der Waals surface area (Å²) in [5, 5.41) is 0. The van der Waals surface area contributed by atoms with Gasteiger partial charge in [-0.3, -0.25) is 0 Å². The maximum absolute atomic E-state index is 7.32. The molecule has 13 aromatic rings. The number of nitrogens with zero attached hydrogens (tertiary/aromatic N) is 2. The summed E-state index contributed by atoms with van der Waals surface area (Å²) in [4.78, 5) is 5.42. The quantitative estimate of drug-likeness (QED) is 0.161. The molecule has 4 heterocycles. The molecule has 4 nitrogen and oxygen atoms in total. The molecule has 0 bridgehead atoms. The van der Waals surface area contributed by atoms with Gasteiger partial charge in [-0.1, -0.05) is 255 Å². The predicted octanol–water partition coefficient (Wildman–Crippen LogP) is 20.6. The third-order valence-corrected chi connectivity index (χ3v) is 23.5. The minimum atomic E-state index is -0.554. The van der Waals surface area contributed by atoms with Crippen molar-refractivity contribution in [2.75, 3.05) is 9.80 Å². The van der Waals surface area contributed by atoms with Crippen LogP contribution in [0.4, 0.5) is 34.1 Å². The average molecular weight is 1220 g/mol. The molecule has 8 aliphatic rings. The van der Waals surface area contributed by atoms with E-state index in [9.17, 15) is 0 Å². The van der Waals surface area contributed by atoms with Gasteiger partial charge in [-0.15, -0.1) is 0 Å². The minimum Gasteiger partial charge on any atom is -0.457 e. The predicted molar refractivity (Wildman–Crippen MR) is 389 cm³/mol. The van der Waals surface area contributed by atoms with Crippen LogP contribution in [-0.4, -0.2) is 6.71 Å². The van der Waals surface area contributed by atoms with Crippen molar-refractivity contribution in [1.82, 2.24) is 0 Å². The highest BCUT2D eigenvalue weighted by Gasteiger charge is 2.56. The standard InChI is InChI=1S/C90H65BN2O2/c1-86(2,3)52-46-77-85-78(47-52)93(74-43-25-41-68-84(74)58-31-13-19-37-64(58)90(68)61-34-16-10-28-55(61)56-29-11-17-35-62(56)90)76-49-70-82(95-80-45-23-21-39-66(80)88(70,6)7)51-72(76)91(85)71-50-81-69(87(4,5)65-38-20-22-44-79(65)94-81)48-75(71)92(77)73-42-24-40-67-83(73)57-30-12-18-36-63(57)89(67)59-32-14-8-26-53(59)54-27-9-15-33-60(54)89/h8-51H,1-7H3. The summed E-state index contributed by atoms with van der Waals surface area (Å²) >= 11 is 0. The Kier molecular flexibility index (Phi) is 10.2. The Morgan fingerprint density at radius 3 is 0.968 bits per heavy atom. The molecule has 0 atom stereocenters. The summed E-state index contributed by atoms with van der Waals surface area (Å²) < 4.78 is 14.6. The van der Waals surface area contributed by atoms with Crippen molar-refractivity contribution in [3.05, 3.63) is 339 Å². The van der Waals surface area contributed by atoms with Crippen molar-refractivity contribution in [3.63, 3.8) is 0 Å². The molecule has 2 spiro atoms. The van der Waals surface area contributed by atoms with Crippen LogP contribution in [0.3, 0.4) is 0 Å². The molecular formula is C90H65BN2O2. The first-order chi connectivity index (χ1) is 46.3. The van der Waals surface area contributed by atoms with Gasteiger partial charge in [-0.2, -0.15) is 0 Å². The Morgan fingerprint density at radius 1 is 0.284 bits per heavy atom. The molecule has 0 saturated heterocycles. The van der Waals surface area contributed by atoms with E-state index in [-0.39, 0.29) is 12.1 Å². The number of para-hydroxylation sites is 2. The highest BCUT2D eigenvalue weighted by molar-refractivity contribution is 7.00. The number of rotatable bonds is 2. The lowest BCUT2D eigenvalue weighted by atomic mass is 9.33. The molecule has 0 fully saturated rings. The van der Waals surface area contributed by atoms with Gasteiger partial charge in [-0.25, -0.2) is 0 Å². The fourth-order valence-corrected chi connectivity index (χ4v) is 19.4. The largest absolute Gasteiger partial charge is 0.457 e. The van der Waals surface area contributed by atoms with Crippen LogP contribution in [0.2, 0.25) is 0 Å². The molecule has 0 aromatic heterocycles. The summed E-state index contributed by atoms with van der Waals surface area (Å²) in [6.07, 6.45) is 0. The SMILES string of the molecule is CC(C)(C)c1cc2c3c(c1)N(c1cccc4c1-c1ccccc1C41c4ccccc4-c4ccccc41)c1cc4c(cc1B3c1cc3c(cc1N2c1cccc2c1-c1ccccc1C21c2ccccc2-c2ccccc21)C(C)(C)c1ccccc1O3)Oc1ccccc1C4(C)C. The lowest BCUT2D eigenvalue weighted by molar-refractivity contribution is 0.418. The van der Waals surface area contributed by atoms with Gasteiger partial charge in [-0.05, 0) is 166 Å². The smallest absolute Gasteiger partial charge is 0.252 e. The summed E-state index contributed by atoms with van der Waals surface area (Å²) in [5.74, 6) is 3.57. The monoisotopic (exact) mass is 1220 g/mol. The molecule has 13 aromatic carbocycles. The van der Waals surface area contributed by atoms with E-state index in [4.69, 9.17) is 9.47 Å². The second kappa shape index (κ2) is 18.1. The molecule has 0 saturated carbocycles. The van der Waals surface area contributed by atoms with Gasteiger partial charge in [0.2, 0.25) is 0 Å². The van der Waals surface area contributed by atoms with Crippen LogP contribution in [0.15, 0.2) is 267 Å². The first kappa shape index (κ1) is 53.6. The van der Waals surface area contributed by atoms with E-state index < -0.39 is 21.7 Å². The molecular weight excluding hydrogens is 1150 g/mol. The molecule has 4 aliphatic heterocycles. The maximum Gasteiger partial charge on any atom is 0.252 e. The first-order valence-corrected chi connectivity index (χ1v) is 33.8. The minimum absolute atomic E-state index is 0.275. The normalized spacial score (nSPS) is 16.4. The number of fused-ring (bicyclic) bond motifs is 28. The van der Waals surface area contributed by atoms with Crippen LogP contribution >= 0.6 is 0 Å². The van der Waals surface area contributed by atoms with Crippen molar-refractivity contribution in [3.8, 4) is 67.5 Å². The van der Waals surface area contributed by atoms with E-state index in [1.54, 1.807) is 0 Å². The summed E-state index contributed by atoms with van der Waals surface area (Å²) in [6.45, 7) is 16.4. The molecule has 4 aliphatic carbocycles. The fraction of sp³-hybridized carbons (Fsp3) is 0.133. The maximum atomic E-state index is 7.32. The molecule has 95 heavy (non-hydrogen) atoms. The van der Waals surface area contributed by atoms with Crippen molar-refractivity contribution < 1.29 is 9.47 Å². The Balaban J connectivity index is 0.910. The number of hydrogen-bond donors (Lipinski definition) is 0. The Morgan fingerprint density at radius 2 is 0.600 bits per heavy atom. The summed E-state index contributed by atoms with van der Waals surface area (Å²) in [5.41, 5.74) is 35.0. The van der Waals surface area contributed by atoms with Gasteiger partial charge in [0, 0.05) is 67.0 Å². The van der Waals surface area contributed by atoms with E-state index in [0.29, 0.717) is 0 Å². The van der Waals surface area contributed by atoms with E-state index in [0.717, 1.165) is 56.9 Å². The van der Waals surface area contributed by atoms with Gasteiger partial charge >= 0.3 is 0 Å². The van der Waals surface area contributed by atoms with Crippen molar-refractivity contribution in [1.29, 1.82) is 0 Å². The number of ether oxygens (including phenoxy) is 2. The highest BCUT2D eigenvalue weighted by atomic mass is 16.5. The van der Waals surface area contributed by atoms with Gasteiger partial charge in [0.25, 0.3) is 6.71 Å². The van der Waals surface area contributed by atoms with Crippen LogP contribution in [0.5, 0.6) is 23.0 Å². The molecule has 0 amide bonds. The highest BCUT2D eigenvalue weighted by Crippen LogP contribution is 2.68. The van der Waals surface area contributed by atoms with Gasteiger partial charge in [0.15, 0.2) is 0 Å². The third kappa shape index (κ3) is 6.45. The van der Waals surface area contributed by atoms with Crippen LogP contribution in [0.1, 0.15) is 121 Å². The fourth-order valence-electron chi connectivity index (χ4n) is 19.4. The van der Waals surface area contributed by atoms with E-state index in [1.807, 2.05) is 0 Å². The van der Waals surface area contributed by atoms with Crippen LogP contribution in [0, 0.1) is 0 Å². The van der Waals surface area contributed by atoms with Crippen LogP contribution in [-0.2, 0) is 27.1 Å². The number of benzene rings is 13. The van der Waals surface area contributed by atoms with Crippen LogP contribution < -0.4 is 35.7 Å². The van der Waals surface area contributed by atoms with E-state index >= 15 is 0 Å². The summed E-state index contributed by atoms with van der Waals surface area (Å²) in [6, 6.07) is 102. The Hall–Kier alpha value is -10.9. The number of anilines is 6. The third-order valence-electron chi connectivity index (χ3n) is 23.5. The second-order valence-corrected chi connectivity index (χ2v) is 29.7. The topological polar surface area (TPSA) is 24.9 Å². The average Bonchev–Trinajstić information content (AvgIpc) is 1.65. The van der Waals surface area contributed by atoms with Crippen LogP contribution in [0.25, 0.3) is 44.5 Å². The van der Waals surface area contributed by atoms with Crippen molar-refractivity contribution >= 4 is 57.2 Å². The lowest BCUT2D eigenvalue weighted by Gasteiger charge is -2.47. The zero-order chi connectivity index (χ0) is 63.4. The molecule has 0 unspecified atom stereocenters. The Labute approximate surface area is 555 Å². The van der Waals surface area contributed by atoms with Gasteiger partial charge in [0.05, 0.1) is 22.2 Å². The van der Waals surface area contributed by atoms with Crippen molar-refractivity contribution in [2.24, 2.45) is 0 Å². The van der Waals surface area contributed by atoms with E-state index in [2.05, 4.69) is 325 Å². The zero-order valence-electron chi connectivity index (χ0n) is 54.2. The molecule has 0 N–H and O–H groups in total. The van der Waals surface area contributed by atoms with Crippen molar-refractivity contribution in [2.45, 2.75) is 75.5 Å². The zero-order valence-corrected chi connectivity index (χ0v) is 54.2.